The van der Waals surface area contributed by atoms with Crippen molar-refractivity contribution in [1.82, 2.24) is 35.8 Å². The largest absolute Gasteiger partial charge is 0.477 e. The molecule has 0 bridgehead atoms. The van der Waals surface area contributed by atoms with Crippen LogP contribution in [0.25, 0.3) is 0 Å². The average Bonchev–Trinajstić information content (AvgIpc) is 3.95. The van der Waals surface area contributed by atoms with Crippen LogP contribution in [0.1, 0.15) is 49.8 Å². The number of carbonyl (C=O) groups is 6. The van der Waals surface area contributed by atoms with Crippen molar-refractivity contribution in [2.75, 3.05) is 92.3 Å². The van der Waals surface area contributed by atoms with E-state index in [9.17, 15) is 54.3 Å². The third-order valence-corrected chi connectivity index (χ3v) is 11.1. The fraction of sp³-hybridized carbons (Fsp3) is 0.644. The van der Waals surface area contributed by atoms with Crippen LogP contribution < -0.4 is 16.0 Å². The number of hydrogen-bond donors (Lipinski definition) is 8. The predicted octanol–water partition coefficient (Wildman–Crippen LogP) is -1.99. The Morgan fingerprint density at radius 1 is 0.803 bits per heavy atom. The number of amides is 5. The summed E-state index contributed by atoms with van der Waals surface area (Å²) in [6.07, 6.45) is -1.26. The minimum Gasteiger partial charge on any atom is -0.477 e. The molecule has 25 nitrogen and oxygen atoms in total. The number of aromatic nitrogens is 3. The van der Waals surface area contributed by atoms with E-state index in [1.165, 1.54) is 12.2 Å². The van der Waals surface area contributed by atoms with Crippen LogP contribution in [0.3, 0.4) is 0 Å². The van der Waals surface area contributed by atoms with Gasteiger partial charge in [0.05, 0.1) is 103 Å². The van der Waals surface area contributed by atoms with Crippen LogP contribution in [0.5, 0.6) is 0 Å². The first kappa shape index (κ1) is 58.5. The van der Waals surface area contributed by atoms with Crippen molar-refractivity contribution in [2.45, 2.75) is 94.3 Å². The number of benzene rings is 1. The zero-order chi connectivity index (χ0) is 51.4. The highest BCUT2D eigenvalue weighted by Gasteiger charge is 2.55. The van der Waals surface area contributed by atoms with Gasteiger partial charge in [-0.2, -0.15) is 0 Å². The van der Waals surface area contributed by atoms with Gasteiger partial charge >= 0.3 is 5.97 Å². The number of carboxylic acid groups (broad SMARTS) is 1. The van der Waals surface area contributed by atoms with Gasteiger partial charge in [0.2, 0.25) is 17.7 Å². The van der Waals surface area contributed by atoms with E-state index < -0.39 is 85.4 Å². The number of aliphatic hydroxyl groups excluding tert-OH is 4. The van der Waals surface area contributed by atoms with E-state index in [4.69, 9.17) is 44.8 Å². The average molecular weight is 1030 g/mol. The van der Waals surface area contributed by atoms with Gasteiger partial charge in [-0.1, -0.05) is 41.8 Å². The Balaban J connectivity index is 1.00. The van der Waals surface area contributed by atoms with Crippen molar-refractivity contribution in [3.63, 3.8) is 0 Å². The summed E-state index contributed by atoms with van der Waals surface area (Å²) in [5.41, 5.74) is 1.27. The Hall–Kier alpha value is -5.03. The van der Waals surface area contributed by atoms with Gasteiger partial charge in [0, 0.05) is 56.3 Å². The van der Waals surface area contributed by atoms with Crippen LogP contribution in [0, 0.1) is 0 Å². The van der Waals surface area contributed by atoms with Crippen LogP contribution in [-0.2, 0) is 81.5 Å². The second kappa shape index (κ2) is 32.1. The minimum atomic E-state index is -2.46. The van der Waals surface area contributed by atoms with Crippen LogP contribution in [-0.4, -0.2) is 209 Å². The molecule has 0 aliphatic carbocycles. The molecule has 6 atom stereocenters. The zero-order valence-electron chi connectivity index (χ0n) is 39.4. The number of carbonyl (C=O) groups excluding carboxylic acids is 5. The Morgan fingerprint density at radius 2 is 1.44 bits per heavy atom. The molecule has 71 heavy (non-hydrogen) atoms. The van der Waals surface area contributed by atoms with Crippen molar-refractivity contribution >= 4 is 47.1 Å². The topological polar surface area (TPSA) is 338 Å². The molecule has 3 heterocycles. The first-order valence-corrected chi connectivity index (χ1v) is 23.7. The highest BCUT2D eigenvalue weighted by atomic mass is 35.5. The van der Waals surface area contributed by atoms with Gasteiger partial charge in [0.25, 0.3) is 17.6 Å². The van der Waals surface area contributed by atoms with Crippen LogP contribution in [0.15, 0.2) is 42.6 Å². The number of nitrogens with zero attached hydrogens (tertiary/aromatic N) is 4. The Labute approximate surface area is 415 Å². The third-order valence-electron chi connectivity index (χ3n) is 10.9. The molecule has 2 aliphatic rings. The number of aliphatic hydroxyl groups is 4. The van der Waals surface area contributed by atoms with E-state index in [0.717, 1.165) is 4.90 Å². The quantitative estimate of drug-likeness (QED) is 0.0268. The summed E-state index contributed by atoms with van der Waals surface area (Å²) in [6, 6.07) is 5.05. The number of nitrogens with one attached hydrogen (secondary N) is 3. The first-order chi connectivity index (χ1) is 34.2. The number of carboxylic acids is 1. The minimum absolute atomic E-state index is 0.0202. The Morgan fingerprint density at radius 3 is 2.08 bits per heavy atom. The van der Waals surface area contributed by atoms with Crippen molar-refractivity contribution in [2.24, 2.45) is 0 Å². The normalized spacial score (nSPS) is 19.7. The summed E-state index contributed by atoms with van der Waals surface area (Å²) in [5, 5.41) is 68.6. The number of rotatable bonds is 37. The molecule has 1 aromatic carbocycles. The zero-order valence-corrected chi connectivity index (χ0v) is 40.2. The SMILES string of the molecule is O=C(CCN1C(=O)C=CC1=O)NCCOCCOCCOCCOCCn1cc(COCCCCCCO[C@]2(C(=O)O)C[C@H](O)[C@@H](NC(=O)CO)[C@H]([C@H](O)[C@H](O)CNC(=O)Cc3ccc(Cl)cc3)O2)nn1. The number of hydrogen-bond acceptors (Lipinski definition) is 19. The fourth-order valence-electron chi connectivity index (χ4n) is 7.08. The lowest BCUT2D eigenvalue weighted by Gasteiger charge is -2.46. The van der Waals surface area contributed by atoms with E-state index in [-0.39, 0.29) is 38.5 Å². The standard InChI is InChI=1S/C45H66ClN7O18/c46-32-7-5-31(6-8-32)25-37(58)48-27-35(56)42(62)43-41(49-38(59)29-54)34(55)26-45(71-43,44(63)64)70-16-4-2-1-3-15-69-30-33-28-52(51-50-33)14-18-66-20-22-68-24-23-67-21-19-65-17-12-47-36(57)11-13-53-39(60)9-10-40(53)61/h5-10,28,34-35,41-43,54-56,62H,1-4,11-27,29-30H2,(H,47,57)(H,48,58)(H,49,59)(H,63,64)/t34-,35+,41+,42+,43+,45+/m0/s1. The van der Waals surface area contributed by atoms with Crippen molar-refractivity contribution < 1.29 is 87.5 Å². The molecule has 5 amide bonds. The molecule has 1 fully saturated rings. The molecule has 4 rings (SSSR count). The highest BCUT2D eigenvalue weighted by Crippen LogP contribution is 2.34. The second-order valence-electron chi connectivity index (χ2n) is 16.3. The molecule has 26 heteroatoms. The molecule has 0 unspecified atom stereocenters. The van der Waals surface area contributed by atoms with E-state index in [1.54, 1.807) is 35.1 Å². The lowest BCUT2D eigenvalue weighted by Crippen LogP contribution is -2.68. The summed E-state index contributed by atoms with van der Waals surface area (Å²) in [6.45, 7) is 2.77. The lowest BCUT2D eigenvalue weighted by molar-refractivity contribution is -0.310. The van der Waals surface area contributed by atoms with Crippen molar-refractivity contribution in [3.8, 4) is 0 Å². The molecule has 2 aromatic rings. The monoisotopic (exact) mass is 1030 g/mol. The summed E-state index contributed by atoms with van der Waals surface area (Å²) in [4.78, 5) is 73.1. The number of halogens is 1. The summed E-state index contributed by atoms with van der Waals surface area (Å²) in [5.74, 6) is -6.65. The third kappa shape index (κ3) is 21.3. The number of imide groups is 1. The van der Waals surface area contributed by atoms with Gasteiger partial charge < -0.3 is 74.6 Å². The number of ether oxygens (including phenoxy) is 7. The maximum atomic E-state index is 12.6. The van der Waals surface area contributed by atoms with Gasteiger partial charge in [-0.15, -0.1) is 5.10 Å². The second-order valence-corrected chi connectivity index (χ2v) is 16.8. The van der Waals surface area contributed by atoms with Crippen LogP contribution in [0.2, 0.25) is 5.02 Å². The van der Waals surface area contributed by atoms with Gasteiger partial charge in [-0.05, 0) is 30.5 Å². The highest BCUT2D eigenvalue weighted by molar-refractivity contribution is 6.30. The first-order valence-electron chi connectivity index (χ1n) is 23.3. The van der Waals surface area contributed by atoms with Gasteiger partial charge in [-0.25, -0.2) is 9.48 Å². The van der Waals surface area contributed by atoms with Crippen molar-refractivity contribution in [3.05, 3.63) is 58.9 Å². The number of aliphatic carboxylic acids is 1. The predicted molar refractivity (Wildman–Crippen MR) is 246 cm³/mol. The Kier molecular flexibility index (Phi) is 26.5. The van der Waals surface area contributed by atoms with E-state index >= 15 is 0 Å². The van der Waals surface area contributed by atoms with Crippen LogP contribution >= 0.6 is 11.6 Å². The molecule has 1 aromatic heterocycles. The summed E-state index contributed by atoms with van der Waals surface area (Å²) in [7, 11) is 0. The molecule has 1 saturated heterocycles. The maximum absolute atomic E-state index is 12.6. The number of unbranched alkanes of at least 4 members (excludes halogenated alkanes) is 3. The van der Waals surface area contributed by atoms with E-state index in [0.29, 0.717) is 115 Å². The van der Waals surface area contributed by atoms with E-state index in [2.05, 4.69) is 26.3 Å². The molecule has 2 aliphatic heterocycles. The molecule has 0 spiro atoms. The molecule has 0 radical (unpaired) electrons. The van der Waals surface area contributed by atoms with Gasteiger partial charge in [-0.3, -0.25) is 28.9 Å². The van der Waals surface area contributed by atoms with E-state index in [1.807, 2.05) is 0 Å². The molecular weight excluding hydrogens is 962 g/mol. The summed E-state index contributed by atoms with van der Waals surface area (Å²) >= 11 is 5.89. The summed E-state index contributed by atoms with van der Waals surface area (Å²) < 4.78 is 40.8. The molecular formula is C45H66ClN7O18. The van der Waals surface area contributed by atoms with Gasteiger partial charge in [0.1, 0.15) is 24.5 Å². The van der Waals surface area contributed by atoms with Gasteiger partial charge in [0.15, 0.2) is 0 Å². The lowest BCUT2D eigenvalue weighted by atomic mass is 9.88. The smallest absolute Gasteiger partial charge is 0.364 e. The van der Waals surface area contributed by atoms with Crippen LogP contribution in [0.4, 0.5) is 0 Å². The maximum Gasteiger partial charge on any atom is 0.364 e. The molecule has 0 saturated carbocycles. The Bertz CT molecular complexity index is 1980. The van der Waals surface area contributed by atoms with Crippen molar-refractivity contribution in [1.29, 1.82) is 0 Å². The molecule has 8 N–H and O–H groups in total. The fourth-order valence-corrected chi connectivity index (χ4v) is 7.20. The molecule has 396 valence electrons.